The second-order valence-corrected chi connectivity index (χ2v) is 37.0. The molecule has 3 saturated heterocycles. The molecule has 576 valence electrons. The molecule has 6 aromatic rings. The van der Waals surface area contributed by atoms with E-state index in [2.05, 4.69) is 61.6 Å². The van der Waals surface area contributed by atoms with E-state index < -0.39 is 100 Å². The molecule has 5 aromatic carbocycles. The number of aryl methyl sites for hydroxylation is 1. The van der Waals surface area contributed by atoms with Gasteiger partial charge < -0.3 is 35.8 Å². The van der Waals surface area contributed by atoms with Crippen molar-refractivity contribution in [3.05, 3.63) is 160 Å². The van der Waals surface area contributed by atoms with Crippen LogP contribution in [0, 0.1) is 29.6 Å². The molecule has 11 rings (SSSR count). The van der Waals surface area contributed by atoms with Gasteiger partial charge in [0.1, 0.15) is 17.0 Å². The third-order valence-electron chi connectivity index (χ3n) is 21.5. The van der Waals surface area contributed by atoms with Crippen LogP contribution in [-0.2, 0) is 39.0 Å². The van der Waals surface area contributed by atoms with Crippen molar-refractivity contribution >= 4 is 101 Å². The minimum absolute atomic E-state index is 0.0211. The first-order valence-electron chi connectivity index (χ1n) is 36.8. The van der Waals surface area contributed by atoms with Crippen LogP contribution in [0.4, 0.5) is 24.5 Å². The summed E-state index contributed by atoms with van der Waals surface area (Å²) in [7, 11) is -11.1. The van der Waals surface area contributed by atoms with E-state index in [1.165, 1.54) is 45.5 Å². The maximum atomic E-state index is 14.6. The minimum atomic E-state index is -6.19. The highest BCUT2D eigenvalue weighted by atomic mass is 35.5. The summed E-state index contributed by atoms with van der Waals surface area (Å²) >= 11 is 9.18. The molecule has 2 aliphatic carbocycles. The number of amides is 5. The number of sulfone groups is 1. The van der Waals surface area contributed by atoms with Crippen LogP contribution in [-0.4, -0.2) is 184 Å². The number of anilines is 2. The summed E-state index contributed by atoms with van der Waals surface area (Å²) in [6, 6.07) is 30.9. The zero-order chi connectivity index (χ0) is 76.8. The van der Waals surface area contributed by atoms with Crippen molar-refractivity contribution in [1.82, 2.24) is 39.9 Å². The van der Waals surface area contributed by atoms with E-state index in [0.29, 0.717) is 89.0 Å². The third kappa shape index (κ3) is 20.4. The summed E-state index contributed by atoms with van der Waals surface area (Å²) in [5.41, 5.74) is 2.52. The second kappa shape index (κ2) is 34.3. The third-order valence-corrected chi connectivity index (χ3v) is 26.8. The Hall–Kier alpha value is -7.37. The lowest BCUT2D eigenvalue weighted by Gasteiger charge is -2.39. The number of carbonyl (C=O) groups excluding carboxylic acids is 5. The quantitative estimate of drug-likeness (QED) is 0.0334. The van der Waals surface area contributed by atoms with Gasteiger partial charge in [-0.25, -0.2) is 26.5 Å². The molecule has 0 bridgehead atoms. The van der Waals surface area contributed by atoms with Gasteiger partial charge in [-0.3, -0.25) is 33.8 Å². The van der Waals surface area contributed by atoms with Crippen molar-refractivity contribution in [1.29, 1.82) is 0 Å². The number of nitrogens with zero attached hydrogens (tertiary/aromatic N) is 6. The molecule has 107 heavy (non-hydrogen) atoms. The first-order valence-corrected chi connectivity index (χ1v) is 42.0. The number of hydrogen-bond acceptors (Lipinski definition) is 17. The Kier molecular flexibility index (Phi) is 25.8. The van der Waals surface area contributed by atoms with Gasteiger partial charge >= 0.3 is 5.51 Å². The molecule has 0 unspecified atom stereocenters. The fourth-order valence-corrected chi connectivity index (χ4v) is 19.1. The van der Waals surface area contributed by atoms with E-state index in [-0.39, 0.29) is 53.8 Å². The van der Waals surface area contributed by atoms with Gasteiger partial charge in [0.25, 0.3) is 25.8 Å². The number of likely N-dealkylation sites (tertiary alicyclic amines) is 1. The fraction of sp³-hybridized carbons (Fsp3) is 0.494. The van der Waals surface area contributed by atoms with Gasteiger partial charge in [0.2, 0.25) is 23.6 Å². The lowest BCUT2D eigenvalue weighted by Crippen LogP contribution is -2.58. The molecule has 28 heteroatoms. The number of thiazole rings is 1. The number of alkyl halides is 3. The van der Waals surface area contributed by atoms with E-state index in [9.17, 15) is 59.1 Å². The molecule has 0 radical (unpaired) electrons. The molecule has 1 aromatic heterocycles. The maximum Gasteiger partial charge on any atom is 0.501 e. The zero-order valence-corrected chi connectivity index (χ0v) is 65.7. The molecule has 0 spiro atoms. The monoisotopic (exact) mass is 1570 g/mol. The number of halogens is 4. The molecular weight excluding hydrogens is 1470 g/mol. The lowest BCUT2D eigenvalue weighted by atomic mass is 9.73. The zero-order valence-electron chi connectivity index (χ0n) is 61.7. The first kappa shape index (κ1) is 80.6. The van der Waals surface area contributed by atoms with Crippen LogP contribution in [0.15, 0.2) is 147 Å². The van der Waals surface area contributed by atoms with Gasteiger partial charge in [-0.1, -0.05) is 106 Å². The number of sulfonamides is 1. The van der Waals surface area contributed by atoms with Gasteiger partial charge in [0, 0.05) is 124 Å². The molecule has 4 heterocycles. The van der Waals surface area contributed by atoms with Gasteiger partial charge in [0.05, 0.1) is 38.8 Å². The average molecular weight is 1570 g/mol. The van der Waals surface area contributed by atoms with Crippen molar-refractivity contribution in [2.45, 2.75) is 163 Å². The van der Waals surface area contributed by atoms with Crippen LogP contribution in [0.2, 0.25) is 5.02 Å². The standard InChI is InChI=1S/C79H98ClF3N10O10S4/c1-51(54-17-19-56(20-18-54)71-52(2)84-50-105-71)85-75(98)68-44-63(94)48-93(68)76(99)72(77(3,4)5)87-73(96)57-15-13-53(14-16-57)43-70(95)92-41-35-89(36-42-92)34-32-61(49-104-64-11-9-8-10-12-64)86-67-30-29-65(45-69(67)106(100,101)79(81,82)83)107(102,103)88-74(97)58-23-27-62(28-24-58)91-39-37-90(38-40-91)47-59-46-78(6,7)33-31-66(59)55-21-25-60(80)26-22-55/h8-12,17-30,45,50-51,53,57,61,63,68,72,86,94H,13-16,31-44,46-49H2,1-7H3,(H,85,98)(H,87,96)(H,88,97)/t51-,53?,57?,61+,63+,68-,72+/m0/s1. The van der Waals surface area contributed by atoms with Crippen LogP contribution >= 0.6 is 34.7 Å². The number of nitrogens with one attached hydrogen (secondary N) is 4. The molecule has 5 atom stereocenters. The Morgan fingerprint density at radius 3 is 2.07 bits per heavy atom. The predicted octanol–water partition coefficient (Wildman–Crippen LogP) is 12.6. The number of rotatable bonds is 25. The molecule has 20 nitrogen and oxygen atoms in total. The maximum absolute atomic E-state index is 14.6. The van der Waals surface area contributed by atoms with Crippen LogP contribution in [0.1, 0.15) is 139 Å². The lowest BCUT2D eigenvalue weighted by molar-refractivity contribution is -0.145. The normalized spacial score (nSPS) is 20.8. The average Bonchev–Trinajstić information content (AvgIpc) is 0.949. The van der Waals surface area contributed by atoms with Crippen molar-refractivity contribution in [3.63, 3.8) is 0 Å². The van der Waals surface area contributed by atoms with Crippen LogP contribution in [0.3, 0.4) is 0 Å². The number of carbonyl (C=O) groups is 5. The summed E-state index contributed by atoms with van der Waals surface area (Å²) in [5, 5.41) is 20.7. The largest absolute Gasteiger partial charge is 0.501 e. The highest BCUT2D eigenvalue weighted by Crippen LogP contribution is 2.44. The van der Waals surface area contributed by atoms with Gasteiger partial charge in [0.15, 0.2) is 0 Å². The molecule has 1 saturated carbocycles. The number of aliphatic hydroxyl groups is 1. The Morgan fingerprint density at radius 1 is 0.785 bits per heavy atom. The van der Waals surface area contributed by atoms with Crippen LogP contribution in [0.25, 0.3) is 16.0 Å². The highest BCUT2D eigenvalue weighted by Gasteiger charge is 2.49. The number of benzene rings is 5. The Labute approximate surface area is 640 Å². The van der Waals surface area contributed by atoms with E-state index >= 15 is 0 Å². The van der Waals surface area contributed by atoms with Crippen molar-refractivity contribution < 1.29 is 59.1 Å². The molecule has 5 amide bonds. The second-order valence-electron chi connectivity index (χ2n) is 31.0. The smallest absolute Gasteiger partial charge is 0.391 e. The number of β-amino-alcohol motifs (C(OH)–C–C–N with tert-alkyl or cyclic N) is 1. The summed E-state index contributed by atoms with van der Waals surface area (Å²) in [6.07, 6.45) is 5.03. The van der Waals surface area contributed by atoms with Crippen molar-refractivity contribution in [2.24, 2.45) is 22.7 Å². The number of thioether (sulfide) groups is 1. The minimum Gasteiger partial charge on any atom is -0.391 e. The predicted molar refractivity (Wildman–Crippen MR) is 414 cm³/mol. The number of aliphatic hydroxyl groups excluding tert-OH is 1. The van der Waals surface area contributed by atoms with Gasteiger partial charge in [-0.2, -0.15) is 13.2 Å². The number of hydrogen-bond donors (Lipinski definition) is 5. The number of aromatic nitrogens is 1. The Morgan fingerprint density at radius 2 is 1.44 bits per heavy atom. The molecule has 4 fully saturated rings. The number of allylic oxidation sites excluding steroid dienone is 1. The molecule has 3 aliphatic heterocycles. The first-order chi connectivity index (χ1) is 50.7. The van der Waals surface area contributed by atoms with Crippen molar-refractivity contribution in [3.8, 4) is 10.4 Å². The topological polar surface area (TPSA) is 251 Å². The molecule has 5 N–H and O–H groups in total. The van der Waals surface area contributed by atoms with Crippen LogP contribution in [0.5, 0.6) is 0 Å². The SMILES string of the molecule is Cc1ncsc1-c1ccc([C@H](C)NC(=O)[C@@H]2C[C@@H](O)CN2C(=O)[C@@H](NC(=O)C2CCC(CC(=O)N3CCN(CC[C@H](CSc4ccccc4)Nc4ccc(S(=O)(=O)NC(=O)c5ccc(N6CCN(CC7=C(c8ccc(Cl)cc8)CCC(C)(C)C7)CC6)cc5)cc4S(=O)(=O)C(F)(F)F)CC3)CC2)C(C)(C)C)cc1. The van der Waals surface area contributed by atoms with E-state index in [1.54, 1.807) is 29.0 Å². The van der Waals surface area contributed by atoms with E-state index in [4.69, 9.17) is 11.6 Å². The Bertz CT molecular complexity index is 4410. The van der Waals surface area contributed by atoms with Gasteiger partial charge in [-0.05, 0) is 171 Å². The highest BCUT2D eigenvalue weighted by molar-refractivity contribution is 7.99. The number of piperazine rings is 2. The Balaban J connectivity index is 0.658. The molecular formula is C79H98ClF3N10O10S4. The van der Waals surface area contributed by atoms with E-state index in [0.717, 1.165) is 83.3 Å². The summed E-state index contributed by atoms with van der Waals surface area (Å²) in [4.78, 5) is 84.0. The van der Waals surface area contributed by atoms with Crippen molar-refractivity contribution in [2.75, 3.05) is 88.0 Å². The van der Waals surface area contributed by atoms with Crippen LogP contribution < -0.4 is 25.6 Å². The van der Waals surface area contributed by atoms with E-state index in [1.807, 2.05) is 111 Å². The van der Waals surface area contributed by atoms with Gasteiger partial charge in [-0.15, -0.1) is 23.1 Å². The summed E-state index contributed by atoms with van der Waals surface area (Å²) < 4.78 is 101. The molecule has 5 aliphatic rings. The summed E-state index contributed by atoms with van der Waals surface area (Å²) in [5.74, 6) is -2.35. The fourth-order valence-electron chi connectivity index (χ4n) is 15.2. The summed E-state index contributed by atoms with van der Waals surface area (Å²) in [6.45, 7) is 19.9.